The van der Waals surface area contributed by atoms with Gasteiger partial charge in [0.1, 0.15) is 23.3 Å². The molecule has 9 N–H and O–H groups in total. The molecule has 1 saturated carbocycles. The first-order chi connectivity index (χ1) is 23.7. The molecule has 0 radical (unpaired) electrons. The number of anilines is 1. The van der Waals surface area contributed by atoms with E-state index in [1.165, 1.54) is 26.2 Å². The molecule has 20 heteroatoms. The summed E-state index contributed by atoms with van der Waals surface area (Å²) in [6, 6.07) is 4.01. The molecule has 5 atom stereocenters. The number of rotatable bonds is 12. The predicted octanol–water partition coefficient (Wildman–Crippen LogP) is 1.20. The Morgan fingerprint density at radius 1 is 1.27 bits per heavy atom. The smallest absolute Gasteiger partial charge is 0.418 e. The van der Waals surface area contributed by atoms with Gasteiger partial charge in [0.15, 0.2) is 16.9 Å². The zero-order valence-corrected chi connectivity index (χ0v) is 30.3. The Hall–Kier alpha value is -4.37. The van der Waals surface area contributed by atoms with Gasteiger partial charge >= 0.3 is 16.4 Å². The number of nitrogens with zero attached hydrogens (tertiary/aromatic N) is 3. The summed E-state index contributed by atoms with van der Waals surface area (Å²) in [5.74, 6) is -2.40. The third-order valence-corrected chi connectivity index (χ3v) is 11.1. The van der Waals surface area contributed by atoms with Crippen LogP contribution < -0.4 is 26.8 Å². The van der Waals surface area contributed by atoms with Crippen molar-refractivity contribution < 1.29 is 46.3 Å². The first kappa shape index (κ1) is 37.9. The molecule has 278 valence electrons. The number of thiazole rings is 1. The summed E-state index contributed by atoms with van der Waals surface area (Å²) >= 11 is 0.965. The number of hydroxylamine groups is 2. The van der Waals surface area contributed by atoms with E-state index >= 15 is 0 Å². The van der Waals surface area contributed by atoms with E-state index in [2.05, 4.69) is 38.9 Å². The number of β-lactam (4-membered cyclic amide) rings is 1. The fraction of sp³-hybridized carbons (Fsp3) is 0.548. The van der Waals surface area contributed by atoms with Gasteiger partial charge in [-0.2, -0.15) is 13.5 Å². The molecule has 5 rings (SSSR count). The number of hydrogen-bond acceptors (Lipinski definition) is 14. The second-order valence-corrected chi connectivity index (χ2v) is 16.0. The van der Waals surface area contributed by atoms with E-state index in [0.717, 1.165) is 23.3 Å². The molecule has 1 aromatic carbocycles. The van der Waals surface area contributed by atoms with Crippen LogP contribution in [0.15, 0.2) is 28.7 Å². The number of ether oxygens (including phenoxy) is 1. The average molecular weight is 751 g/mol. The van der Waals surface area contributed by atoms with Crippen molar-refractivity contribution in [3.63, 3.8) is 0 Å². The number of carboxylic acid groups (broad SMARTS) is 1. The highest BCUT2D eigenvalue weighted by Gasteiger charge is 2.58. The molecule has 3 aliphatic rings. The van der Waals surface area contributed by atoms with Crippen molar-refractivity contribution in [2.24, 2.45) is 22.2 Å². The number of aryl methyl sites for hydroxylation is 1. The monoisotopic (exact) mass is 750 g/mol. The molecule has 3 heterocycles. The van der Waals surface area contributed by atoms with Gasteiger partial charge in [0, 0.05) is 17.0 Å². The van der Waals surface area contributed by atoms with Gasteiger partial charge in [-0.25, -0.2) is 9.78 Å². The lowest BCUT2D eigenvalue weighted by Gasteiger charge is -2.52. The molecule has 51 heavy (non-hydrogen) atoms. The van der Waals surface area contributed by atoms with Crippen molar-refractivity contribution in [3.8, 4) is 5.75 Å². The number of benzene rings is 1. The molecule has 2 aromatic rings. The van der Waals surface area contributed by atoms with Crippen molar-refractivity contribution >= 4 is 56.2 Å². The second-order valence-electron chi connectivity index (χ2n) is 14.1. The van der Waals surface area contributed by atoms with Crippen LogP contribution in [0.5, 0.6) is 5.75 Å². The maximum absolute atomic E-state index is 13.5. The van der Waals surface area contributed by atoms with Crippen LogP contribution in [0.4, 0.5) is 5.13 Å². The SMILES string of the molecule is CC1(C)[C@@H](CN)C[C@H]1NC(=N)c1ccc2c(c1)CCC[C@H]([C@](C)(O/N=C(\C(=O)N[C@@H]1C(=O)N(OS(=O)(=O)O)C1(C)C)c1csc(N)n1)C(=O)O)O2. The zero-order chi connectivity index (χ0) is 37.7. The van der Waals surface area contributed by atoms with Gasteiger partial charge in [-0.1, -0.05) is 19.0 Å². The highest BCUT2D eigenvalue weighted by Crippen LogP contribution is 2.45. The predicted molar refractivity (Wildman–Crippen MR) is 184 cm³/mol. The first-order valence-corrected chi connectivity index (χ1v) is 18.3. The summed E-state index contributed by atoms with van der Waals surface area (Å²) in [7, 11) is -5.03. The van der Waals surface area contributed by atoms with E-state index in [-0.39, 0.29) is 34.5 Å². The molecular weight excluding hydrogens is 709 g/mol. The number of carbonyl (C=O) groups is 3. The number of carbonyl (C=O) groups excluding carboxylic acids is 2. The summed E-state index contributed by atoms with van der Waals surface area (Å²) in [6.07, 6.45) is 1.05. The Morgan fingerprint density at radius 2 is 1.98 bits per heavy atom. The van der Waals surface area contributed by atoms with E-state index in [4.69, 9.17) is 31.0 Å². The lowest BCUT2D eigenvalue weighted by atomic mass is 9.58. The Labute approximate surface area is 298 Å². The number of amides is 2. The quantitative estimate of drug-likeness (QED) is 0.0528. The van der Waals surface area contributed by atoms with E-state index < -0.39 is 57.2 Å². The van der Waals surface area contributed by atoms with Crippen molar-refractivity contribution in [2.75, 3.05) is 12.3 Å². The van der Waals surface area contributed by atoms with Gasteiger partial charge < -0.3 is 36.8 Å². The number of oxime groups is 1. The van der Waals surface area contributed by atoms with E-state index in [1.807, 2.05) is 6.07 Å². The average Bonchev–Trinajstić information content (AvgIpc) is 3.36. The molecule has 1 saturated heterocycles. The minimum Gasteiger partial charge on any atom is -0.485 e. The van der Waals surface area contributed by atoms with Crippen LogP contribution in [0.1, 0.15) is 70.7 Å². The standard InChI is InChI=1S/C31H42N8O10S2/c1-29(2)17(13-32)12-20(29)36-24(33)16-9-10-19-15(11-16)7-6-8-21(47-19)31(5,27(42)43)48-38-22(18-14-50-28(34)35-18)25(40)37-23-26(41)39(30(23,3)4)49-51(44,45)46/h9-11,14,17,20-21,23H,6-8,12-13,32H2,1-5H3,(H2,33,36)(H2,34,35)(H,37,40)(H,42,43)(H,44,45,46)/b38-22-/t17-,20-,21-,23-,31+/m1/s1. The van der Waals surface area contributed by atoms with Crippen LogP contribution in [0, 0.1) is 16.7 Å². The number of nitrogens with one attached hydrogen (secondary N) is 3. The van der Waals surface area contributed by atoms with Gasteiger partial charge in [0.05, 0.1) is 5.54 Å². The van der Waals surface area contributed by atoms with Crippen molar-refractivity contribution in [3.05, 3.63) is 40.4 Å². The third kappa shape index (κ3) is 7.36. The number of nitrogen functional groups attached to an aromatic ring is 1. The van der Waals surface area contributed by atoms with E-state index in [1.54, 1.807) is 12.1 Å². The maximum atomic E-state index is 13.5. The van der Waals surface area contributed by atoms with Gasteiger partial charge in [0.25, 0.3) is 17.4 Å². The molecule has 2 fully saturated rings. The van der Waals surface area contributed by atoms with E-state index in [0.29, 0.717) is 41.7 Å². The second kappa shape index (κ2) is 13.6. The number of amidine groups is 1. The summed E-state index contributed by atoms with van der Waals surface area (Å²) in [5, 5.41) is 30.6. The molecule has 2 amide bonds. The summed E-state index contributed by atoms with van der Waals surface area (Å²) in [4.78, 5) is 48.7. The van der Waals surface area contributed by atoms with Gasteiger partial charge in [-0.05, 0) is 88.1 Å². The molecular formula is C31H42N8O10S2. The minimum atomic E-state index is -5.03. The zero-order valence-electron chi connectivity index (χ0n) is 28.6. The number of carboxylic acids is 1. The third-order valence-electron chi connectivity index (χ3n) is 10.1. The lowest BCUT2D eigenvalue weighted by molar-refractivity contribution is -0.218. The van der Waals surface area contributed by atoms with Gasteiger partial charge in [0.2, 0.25) is 0 Å². The van der Waals surface area contributed by atoms with Crippen molar-refractivity contribution in [2.45, 2.75) is 89.6 Å². The van der Waals surface area contributed by atoms with Crippen LogP contribution >= 0.6 is 11.3 Å². The number of aliphatic carboxylic acids is 1. The molecule has 0 spiro atoms. The highest BCUT2D eigenvalue weighted by molar-refractivity contribution is 7.80. The topological polar surface area (TPSA) is 282 Å². The van der Waals surface area contributed by atoms with Gasteiger partial charge in [-0.3, -0.25) is 19.6 Å². The number of fused-ring (bicyclic) bond motifs is 1. The Balaban J connectivity index is 1.35. The van der Waals surface area contributed by atoms with Crippen molar-refractivity contribution in [1.29, 1.82) is 5.41 Å². The first-order valence-electron chi connectivity index (χ1n) is 16.1. The fourth-order valence-corrected chi connectivity index (χ4v) is 7.44. The number of nitrogens with two attached hydrogens (primary N) is 2. The summed E-state index contributed by atoms with van der Waals surface area (Å²) < 4.78 is 42.0. The molecule has 2 aliphatic heterocycles. The Kier molecular flexibility index (Phi) is 10.1. The lowest BCUT2D eigenvalue weighted by Crippen LogP contribution is -2.76. The summed E-state index contributed by atoms with van der Waals surface area (Å²) in [5.41, 5.74) is 8.87. The Morgan fingerprint density at radius 3 is 2.55 bits per heavy atom. The molecule has 0 unspecified atom stereocenters. The van der Waals surface area contributed by atoms with Crippen LogP contribution in [-0.2, 0) is 40.3 Å². The van der Waals surface area contributed by atoms with Crippen LogP contribution in [0.25, 0.3) is 0 Å². The molecule has 18 nitrogen and oxygen atoms in total. The normalized spacial score (nSPS) is 25.1. The van der Waals surface area contributed by atoms with Crippen molar-refractivity contribution in [1.82, 2.24) is 20.7 Å². The Bertz CT molecular complexity index is 1880. The maximum Gasteiger partial charge on any atom is 0.418 e. The highest BCUT2D eigenvalue weighted by atomic mass is 32.3. The molecule has 1 aliphatic carbocycles. The number of hydrogen-bond donors (Lipinski definition) is 7. The van der Waals surface area contributed by atoms with Gasteiger partial charge in [-0.15, -0.1) is 15.6 Å². The van der Waals surface area contributed by atoms with Crippen LogP contribution in [0.2, 0.25) is 0 Å². The van der Waals surface area contributed by atoms with Crippen LogP contribution in [0.3, 0.4) is 0 Å². The number of aromatic nitrogens is 1. The summed E-state index contributed by atoms with van der Waals surface area (Å²) in [6.45, 7) is 8.85. The largest absolute Gasteiger partial charge is 0.485 e. The van der Waals surface area contributed by atoms with Crippen LogP contribution in [-0.4, -0.2) is 93.3 Å². The minimum absolute atomic E-state index is 0.0491. The fourth-order valence-electron chi connectivity index (χ4n) is 6.44. The van der Waals surface area contributed by atoms with E-state index in [9.17, 15) is 27.9 Å². The molecule has 0 bridgehead atoms. The molecule has 1 aromatic heterocycles.